The van der Waals surface area contributed by atoms with Crippen LogP contribution in [0.3, 0.4) is 0 Å². The Bertz CT molecular complexity index is 663. The van der Waals surface area contributed by atoms with Crippen molar-refractivity contribution < 1.29 is 19.2 Å². The molecule has 180 valence electrons. The van der Waals surface area contributed by atoms with Crippen molar-refractivity contribution in [3.8, 4) is 0 Å². The molecule has 10 heteroatoms. The number of likely N-dealkylation sites (tertiary alicyclic amines) is 2. The summed E-state index contributed by atoms with van der Waals surface area (Å²) in [4.78, 5) is 56.9. The van der Waals surface area contributed by atoms with Crippen LogP contribution in [-0.2, 0) is 19.2 Å². The molecule has 3 saturated heterocycles. The molecule has 4 atom stereocenters. The fraction of sp³-hybridized carbons (Fsp3) is 0.818. The lowest BCUT2D eigenvalue weighted by atomic mass is 9.96. The van der Waals surface area contributed by atoms with Gasteiger partial charge in [0.25, 0.3) is 0 Å². The van der Waals surface area contributed by atoms with E-state index < -0.39 is 0 Å². The van der Waals surface area contributed by atoms with Crippen LogP contribution in [0.5, 0.6) is 0 Å². The average Bonchev–Trinajstić information content (AvgIpc) is 2.82. The van der Waals surface area contributed by atoms with Crippen molar-refractivity contribution in [1.82, 2.24) is 19.6 Å². The molecule has 0 aliphatic carbocycles. The maximum atomic E-state index is 13.0. The molecule has 3 fully saturated rings. The van der Waals surface area contributed by atoms with E-state index in [2.05, 4.69) is 9.80 Å². The molecule has 4 N–H and O–H groups in total. The molecule has 3 heterocycles. The fourth-order valence-electron chi connectivity index (χ4n) is 5.17. The van der Waals surface area contributed by atoms with Crippen molar-refractivity contribution in [2.45, 2.75) is 51.6 Å². The van der Waals surface area contributed by atoms with Crippen molar-refractivity contribution in [3.05, 3.63) is 0 Å². The van der Waals surface area contributed by atoms with Gasteiger partial charge in [-0.15, -0.1) is 0 Å². The van der Waals surface area contributed by atoms with Gasteiger partial charge in [0.05, 0.1) is 23.9 Å². The summed E-state index contributed by atoms with van der Waals surface area (Å²) in [6.45, 7) is 8.77. The van der Waals surface area contributed by atoms with Crippen molar-refractivity contribution in [2.75, 3.05) is 52.4 Å². The van der Waals surface area contributed by atoms with E-state index in [9.17, 15) is 19.2 Å². The van der Waals surface area contributed by atoms with Gasteiger partial charge in [0, 0.05) is 52.4 Å². The maximum Gasteiger partial charge on any atom is 0.239 e. The summed E-state index contributed by atoms with van der Waals surface area (Å²) in [6.07, 6.45) is 3.09. The van der Waals surface area contributed by atoms with Crippen LogP contribution in [-0.4, -0.2) is 108 Å². The highest BCUT2D eigenvalue weighted by Crippen LogP contribution is 2.21. The molecule has 0 aromatic heterocycles. The lowest BCUT2D eigenvalue weighted by molar-refractivity contribution is -0.143. The van der Waals surface area contributed by atoms with Crippen LogP contribution in [0.2, 0.25) is 0 Å². The maximum absolute atomic E-state index is 13.0. The Balaban J connectivity index is 1.49. The Morgan fingerprint density at radius 1 is 0.656 bits per heavy atom. The van der Waals surface area contributed by atoms with Gasteiger partial charge in [-0.05, 0) is 39.5 Å². The molecule has 4 amide bonds. The zero-order valence-electron chi connectivity index (χ0n) is 19.4. The third-order valence-electron chi connectivity index (χ3n) is 7.43. The van der Waals surface area contributed by atoms with E-state index in [-0.39, 0.29) is 47.5 Å². The zero-order chi connectivity index (χ0) is 23.4. The Labute approximate surface area is 190 Å². The van der Waals surface area contributed by atoms with Crippen LogP contribution in [0.25, 0.3) is 0 Å². The average molecular weight is 451 g/mol. The number of nitrogens with two attached hydrogens (primary N) is 2. The highest BCUT2D eigenvalue weighted by molar-refractivity contribution is 5.84. The number of primary amides is 2. The second-order valence-corrected chi connectivity index (χ2v) is 9.48. The van der Waals surface area contributed by atoms with Crippen LogP contribution in [0.1, 0.15) is 39.5 Å². The minimum Gasteiger partial charge on any atom is -0.369 e. The predicted molar refractivity (Wildman–Crippen MR) is 119 cm³/mol. The standard InChI is InChI=1S/C22H38N6O4/c1-15(21(31)27-7-3-5-17(13-27)19(23)29)25-9-11-26(12-10-25)16(2)22(32)28-8-4-6-18(14-28)20(24)30/h15-18H,3-14H2,1-2H3,(H2,23,29)(H2,24,30). The monoisotopic (exact) mass is 450 g/mol. The van der Waals surface area contributed by atoms with Gasteiger partial charge >= 0.3 is 0 Å². The molecule has 10 nitrogen and oxygen atoms in total. The smallest absolute Gasteiger partial charge is 0.239 e. The molecule has 32 heavy (non-hydrogen) atoms. The van der Waals surface area contributed by atoms with Gasteiger partial charge < -0.3 is 21.3 Å². The van der Waals surface area contributed by atoms with Crippen LogP contribution >= 0.6 is 0 Å². The third kappa shape index (κ3) is 5.58. The lowest BCUT2D eigenvalue weighted by Gasteiger charge is -2.43. The van der Waals surface area contributed by atoms with E-state index >= 15 is 0 Å². The molecule has 3 aliphatic heterocycles. The number of carbonyl (C=O) groups is 4. The Hall–Kier alpha value is -2.20. The van der Waals surface area contributed by atoms with Gasteiger partial charge in [-0.1, -0.05) is 0 Å². The number of piperidine rings is 2. The topological polar surface area (TPSA) is 133 Å². The molecule has 4 unspecified atom stereocenters. The Kier molecular flexibility index (Phi) is 8.10. The highest BCUT2D eigenvalue weighted by Gasteiger charge is 2.36. The number of rotatable bonds is 6. The molecular formula is C22H38N6O4. The summed E-state index contributed by atoms with van der Waals surface area (Å²) in [6, 6.07) is -0.540. The van der Waals surface area contributed by atoms with Crippen LogP contribution in [0.15, 0.2) is 0 Å². The molecule has 0 saturated carbocycles. The van der Waals surface area contributed by atoms with Gasteiger partial charge in [0.15, 0.2) is 0 Å². The van der Waals surface area contributed by atoms with E-state index in [1.54, 1.807) is 9.80 Å². The minimum atomic E-state index is -0.335. The summed E-state index contributed by atoms with van der Waals surface area (Å²) in [5, 5.41) is 0. The molecule has 3 rings (SSSR count). The molecule has 3 aliphatic rings. The van der Waals surface area contributed by atoms with Gasteiger partial charge in [-0.3, -0.25) is 29.0 Å². The SMILES string of the molecule is CC(C(=O)N1CCCC(C(N)=O)C1)N1CCN(C(C)C(=O)N2CCCC(C(N)=O)C2)CC1. The first-order valence-corrected chi connectivity index (χ1v) is 11.8. The van der Waals surface area contributed by atoms with E-state index in [1.807, 2.05) is 13.8 Å². The van der Waals surface area contributed by atoms with E-state index in [1.165, 1.54) is 0 Å². The second kappa shape index (κ2) is 10.6. The molecule has 0 radical (unpaired) electrons. The summed E-state index contributed by atoms with van der Waals surface area (Å²) in [7, 11) is 0. The van der Waals surface area contributed by atoms with Crippen LogP contribution < -0.4 is 11.5 Å². The normalized spacial score (nSPS) is 27.6. The van der Waals surface area contributed by atoms with Crippen molar-refractivity contribution in [2.24, 2.45) is 23.3 Å². The van der Waals surface area contributed by atoms with Gasteiger partial charge in [0.2, 0.25) is 23.6 Å². The lowest BCUT2D eigenvalue weighted by Crippen LogP contribution is -2.59. The number of hydrogen-bond acceptors (Lipinski definition) is 6. The first-order chi connectivity index (χ1) is 15.2. The Morgan fingerprint density at radius 3 is 1.31 bits per heavy atom. The predicted octanol–water partition coefficient (Wildman–Crippen LogP) is -1.17. The van der Waals surface area contributed by atoms with Gasteiger partial charge in [-0.25, -0.2) is 0 Å². The van der Waals surface area contributed by atoms with E-state index in [0.29, 0.717) is 52.4 Å². The van der Waals surface area contributed by atoms with E-state index in [4.69, 9.17) is 11.5 Å². The number of hydrogen-bond donors (Lipinski definition) is 2. The van der Waals surface area contributed by atoms with Crippen molar-refractivity contribution in [3.63, 3.8) is 0 Å². The van der Waals surface area contributed by atoms with Crippen molar-refractivity contribution in [1.29, 1.82) is 0 Å². The molecule has 0 bridgehead atoms. The van der Waals surface area contributed by atoms with Gasteiger partial charge in [-0.2, -0.15) is 0 Å². The molecule has 0 aromatic carbocycles. The number of carbonyl (C=O) groups excluding carboxylic acids is 4. The molecular weight excluding hydrogens is 412 g/mol. The fourth-order valence-corrected chi connectivity index (χ4v) is 5.17. The quantitative estimate of drug-likeness (QED) is 0.524. The van der Waals surface area contributed by atoms with E-state index in [0.717, 1.165) is 25.7 Å². The molecule has 0 spiro atoms. The largest absolute Gasteiger partial charge is 0.369 e. The third-order valence-corrected chi connectivity index (χ3v) is 7.43. The van der Waals surface area contributed by atoms with Gasteiger partial charge in [0.1, 0.15) is 0 Å². The summed E-state index contributed by atoms with van der Waals surface area (Å²) in [5.74, 6) is -1.10. The summed E-state index contributed by atoms with van der Waals surface area (Å²) in [5.41, 5.74) is 10.9. The van der Waals surface area contributed by atoms with Crippen molar-refractivity contribution >= 4 is 23.6 Å². The number of piperazine rings is 1. The summed E-state index contributed by atoms with van der Waals surface area (Å²) >= 11 is 0. The highest BCUT2D eigenvalue weighted by atomic mass is 16.2. The second-order valence-electron chi connectivity index (χ2n) is 9.48. The summed E-state index contributed by atoms with van der Waals surface area (Å²) < 4.78 is 0. The first-order valence-electron chi connectivity index (χ1n) is 11.8. The number of amides is 4. The zero-order valence-corrected chi connectivity index (χ0v) is 19.4. The first kappa shape index (κ1) is 24.4. The minimum absolute atomic E-state index is 0.0411. The number of nitrogens with zero attached hydrogens (tertiary/aromatic N) is 4. The van der Waals surface area contributed by atoms with Crippen LogP contribution in [0.4, 0.5) is 0 Å². The Morgan fingerprint density at radius 2 is 1.00 bits per heavy atom. The molecule has 0 aromatic rings. The van der Waals surface area contributed by atoms with Crippen LogP contribution in [0, 0.1) is 11.8 Å².